The van der Waals surface area contributed by atoms with Crippen LogP contribution in [0.15, 0.2) is 42.5 Å². The Morgan fingerprint density at radius 2 is 1.90 bits per heavy atom. The van der Waals surface area contributed by atoms with E-state index in [9.17, 15) is 15.0 Å². The molecule has 0 unspecified atom stereocenters. The van der Waals surface area contributed by atoms with Crippen molar-refractivity contribution in [1.29, 1.82) is 0 Å². The fraction of sp³-hybridized carbons (Fsp3) is 0.625. The Balaban J connectivity index is 2.05. The second-order valence-electron chi connectivity index (χ2n) is 9.91. The van der Waals surface area contributed by atoms with Gasteiger partial charge in [-0.1, -0.05) is 63.3 Å². The number of benzene rings is 1. The minimum atomic E-state index is -1.94. The molecule has 0 radical (unpaired) electrons. The summed E-state index contributed by atoms with van der Waals surface area (Å²) in [5.74, 6) is -0.641. The van der Waals surface area contributed by atoms with Crippen molar-refractivity contribution < 1.29 is 19.4 Å². The van der Waals surface area contributed by atoms with E-state index in [1.165, 1.54) is 5.56 Å². The fourth-order valence-electron chi connectivity index (χ4n) is 3.82. The predicted molar refractivity (Wildman–Crippen MR) is 120 cm³/mol. The number of aryl methyl sites for hydroxylation is 1. The van der Waals surface area contributed by atoms with Gasteiger partial charge in [0.2, 0.25) is 0 Å². The molecule has 1 fully saturated rings. The summed E-state index contributed by atoms with van der Waals surface area (Å²) in [6.07, 6.45) is 6.79. The molecule has 0 spiro atoms. The van der Waals surface area contributed by atoms with Crippen molar-refractivity contribution in [3.8, 4) is 0 Å². The molecular formula is C24H38O4Si. The van der Waals surface area contributed by atoms with Crippen LogP contribution in [0.2, 0.25) is 18.1 Å². The summed E-state index contributed by atoms with van der Waals surface area (Å²) in [6.45, 7) is 11.2. The van der Waals surface area contributed by atoms with Crippen LogP contribution < -0.4 is 0 Å². The molecular weight excluding hydrogens is 380 g/mol. The first-order valence-electron chi connectivity index (χ1n) is 10.8. The summed E-state index contributed by atoms with van der Waals surface area (Å²) in [5, 5.41) is 19.9. The van der Waals surface area contributed by atoms with Crippen LogP contribution >= 0.6 is 0 Å². The number of hydrogen-bond donors (Lipinski definition) is 2. The molecule has 0 amide bonds. The molecule has 0 heterocycles. The van der Waals surface area contributed by atoms with Crippen molar-refractivity contribution in [2.24, 2.45) is 11.8 Å². The molecule has 1 aliphatic rings. The van der Waals surface area contributed by atoms with Crippen LogP contribution in [0.1, 0.15) is 52.0 Å². The van der Waals surface area contributed by atoms with E-state index in [0.29, 0.717) is 6.42 Å². The van der Waals surface area contributed by atoms with Crippen molar-refractivity contribution in [3.63, 3.8) is 0 Å². The quantitative estimate of drug-likeness (QED) is 0.415. The van der Waals surface area contributed by atoms with Crippen molar-refractivity contribution >= 4 is 14.3 Å². The molecule has 2 rings (SSSR count). The highest BCUT2D eigenvalue weighted by molar-refractivity contribution is 6.74. The summed E-state index contributed by atoms with van der Waals surface area (Å²) in [7, 11) is -1.94. The third-order valence-electron chi connectivity index (χ3n) is 6.61. The van der Waals surface area contributed by atoms with E-state index in [1.807, 2.05) is 30.4 Å². The first-order valence-corrected chi connectivity index (χ1v) is 13.7. The maximum absolute atomic E-state index is 11.3. The number of carbonyl (C=O) groups is 1. The van der Waals surface area contributed by atoms with E-state index in [2.05, 4.69) is 46.0 Å². The molecule has 5 heteroatoms. The normalized spacial score (nSPS) is 24.1. The Hall–Kier alpha value is -1.43. The minimum Gasteiger partial charge on any atom is -0.481 e. The molecule has 4 nitrogen and oxygen atoms in total. The number of carboxylic acid groups (broad SMARTS) is 1. The minimum absolute atomic E-state index is 0.0396. The monoisotopic (exact) mass is 418 g/mol. The Bertz CT molecular complexity index is 678. The number of hydrogen-bond acceptors (Lipinski definition) is 3. The number of aliphatic hydroxyl groups excluding tert-OH is 1. The Labute approximate surface area is 177 Å². The summed E-state index contributed by atoms with van der Waals surface area (Å²) < 4.78 is 6.66. The highest BCUT2D eigenvalue weighted by atomic mass is 28.4. The zero-order valence-electron chi connectivity index (χ0n) is 18.6. The van der Waals surface area contributed by atoms with E-state index in [-0.39, 0.29) is 29.4 Å². The van der Waals surface area contributed by atoms with Crippen LogP contribution in [0, 0.1) is 11.8 Å². The van der Waals surface area contributed by atoms with Crippen LogP contribution in [0.5, 0.6) is 0 Å². The molecule has 1 saturated carbocycles. The van der Waals surface area contributed by atoms with E-state index in [4.69, 9.17) is 4.43 Å². The van der Waals surface area contributed by atoms with Gasteiger partial charge >= 0.3 is 5.97 Å². The van der Waals surface area contributed by atoms with E-state index >= 15 is 0 Å². The van der Waals surface area contributed by atoms with Gasteiger partial charge in [0.25, 0.3) is 0 Å². The summed E-state index contributed by atoms with van der Waals surface area (Å²) in [6, 6.07) is 10.1. The molecule has 4 atom stereocenters. The standard InChI is InChI=1S/C24H38O4Si/c1-24(2,3)29(4,5)28-22-16-12-19(17-23(26)27)21(22)15-14-20(25)13-11-18-9-7-6-8-10-18/h6-10,14-15,19-22,25H,11-13,16-17H2,1-5H3,(H,26,27)/b15-14+/t19-,20+,21-,22-/m1/s1. The van der Waals surface area contributed by atoms with Gasteiger partial charge in [-0.15, -0.1) is 0 Å². The molecule has 0 bridgehead atoms. The zero-order valence-corrected chi connectivity index (χ0v) is 19.6. The molecule has 1 aromatic rings. The molecule has 2 N–H and O–H groups in total. The number of rotatable bonds is 9. The van der Waals surface area contributed by atoms with Gasteiger partial charge in [0.05, 0.1) is 12.2 Å². The van der Waals surface area contributed by atoms with Crippen LogP contribution in [0.25, 0.3) is 0 Å². The van der Waals surface area contributed by atoms with Crippen LogP contribution in [0.4, 0.5) is 0 Å². The largest absolute Gasteiger partial charge is 0.481 e. The number of carboxylic acids is 1. The van der Waals surface area contributed by atoms with E-state index < -0.39 is 20.4 Å². The maximum atomic E-state index is 11.3. The Kier molecular flexibility index (Phi) is 8.26. The average Bonchev–Trinajstić information content (AvgIpc) is 2.98. The van der Waals surface area contributed by atoms with Gasteiger partial charge in [-0.05, 0) is 55.3 Å². The lowest BCUT2D eigenvalue weighted by atomic mass is 9.91. The van der Waals surface area contributed by atoms with Gasteiger partial charge in [0.1, 0.15) is 0 Å². The van der Waals surface area contributed by atoms with Crippen molar-refractivity contribution in [1.82, 2.24) is 0 Å². The molecule has 29 heavy (non-hydrogen) atoms. The molecule has 162 valence electrons. The summed E-state index contributed by atoms with van der Waals surface area (Å²) in [5.41, 5.74) is 1.21. The lowest BCUT2D eigenvalue weighted by molar-refractivity contribution is -0.138. The van der Waals surface area contributed by atoms with Gasteiger partial charge in [0.15, 0.2) is 8.32 Å². The number of aliphatic carboxylic acids is 1. The molecule has 0 saturated heterocycles. The number of aliphatic hydroxyl groups is 1. The molecule has 1 aromatic carbocycles. The summed E-state index contributed by atoms with van der Waals surface area (Å²) >= 11 is 0. The van der Waals surface area contributed by atoms with E-state index in [1.54, 1.807) is 0 Å². The van der Waals surface area contributed by atoms with Crippen molar-refractivity contribution in [3.05, 3.63) is 48.0 Å². The molecule has 1 aliphatic carbocycles. The van der Waals surface area contributed by atoms with E-state index in [0.717, 1.165) is 19.3 Å². The maximum Gasteiger partial charge on any atom is 0.303 e. The second-order valence-corrected chi connectivity index (χ2v) is 14.7. The second kappa shape index (κ2) is 10.1. The fourth-order valence-corrected chi connectivity index (χ4v) is 5.20. The van der Waals surface area contributed by atoms with Crippen LogP contribution in [0.3, 0.4) is 0 Å². The molecule has 0 aliphatic heterocycles. The SMILES string of the molecule is CC(C)(C)[Si](C)(C)O[C@@H]1CC[C@H](CC(=O)O)[C@H]1/C=C/[C@@H](O)CCc1ccccc1. The topological polar surface area (TPSA) is 66.8 Å². The Morgan fingerprint density at radius 1 is 1.24 bits per heavy atom. The van der Waals surface area contributed by atoms with Gasteiger partial charge in [-0.3, -0.25) is 4.79 Å². The van der Waals surface area contributed by atoms with Gasteiger partial charge in [0, 0.05) is 12.3 Å². The Morgan fingerprint density at radius 3 is 2.48 bits per heavy atom. The van der Waals surface area contributed by atoms with Crippen molar-refractivity contribution in [2.75, 3.05) is 0 Å². The third kappa shape index (κ3) is 7.09. The first-order chi connectivity index (χ1) is 13.5. The van der Waals surface area contributed by atoms with Gasteiger partial charge < -0.3 is 14.6 Å². The van der Waals surface area contributed by atoms with Crippen LogP contribution in [-0.4, -0.2) is 36.7 Å². The molecule has 0 aromatic heterocycles. The first kappa shape index (κ1) is 23.8. The average molecular weight is 419 g/mol. The highest BCUT2D eigenvalue weighted by Gasteiger charge is 2.44. The lowest BCUT2D eigenvalue weighted by Gasteiger charge is -2.40. The predicted octanol–water partition coefficient (Wildman–Crippen LogP) is 5.43. The third-order valence-corrected chi connectivity index (χ3v) is 11.1. The van der Waals surface area contributed by atoms with Crippen molar-refractivity contribution in [2.45, 2.75) is 83.2 Å². The lowest BCUT2D eigenvalue weighted by Crippen LogP contribution is -2.45. The smallest absolute Gasteiger partial charge is 0.303 e. The zero-order chi connectivity index (χ0) is 21.7. The summed E-state index contributed by atoms with van der Waals surface area (Å²) in [4.78, 5) is 11.3. The highest BCUT2D eigenvalue weighted by Crippen LogP contribution is 2.43. The van der Waals surface area contributed by atoms with Crippen LogP contribution in [-0.2, 0) is 15.6 Å². The van der Waals surface area contributed by atoms with Gasteiger partial charge in [-0.2, -0.15) is 0 Å². The van der Waals surface area contributed by atoms with Gasteiger partial charge in [-0.25, -0.2) is 0 Å².